The van der Waals surface area contributed by atoms with E-state index in [0.717, 1.165) is 12.4 Å². The number of likely N-dealkylation sites (tertiary alicyclic amines) is 1. The molecule has 0 saturated carbocycles. The lowest BCUT2D eigenvalue weighted by atomic mass is 10.3. The maximum Gasteiger partial charge on any atom is 0.119 e. The van der Waals surface area contributed by atoms with Gasteiger partial charge in [-0.15, -0.1) is 0 Å². The van der Waals surface area contributed by atoms with E-state index in [1.54, 1.807) is 0 Å². The van der Waals surface area contributed by atoms with Gasteiger partial charge in [0.1, 0.15) is 12.0 Å². The quantitative estimate of drug-likeness (QED) is 0.416. The van der Waals surface area contributed by atoms with Gasteiger partial charge < -0.3 is 4.90 Å². The molecule has 0 N–H and O–H groups in total. The second-order valence-corrected chi connectivity index (χ2v) is 2.69. The summed E-state index contributed by atoms with van der Waals surface area (Å²) in [5, 5.41) is 0. The minimum Gasteiger partial charge on any atom is -0.357 e. The predicted octanol–water partition coefficient (Wildman–Crippen LogP) is 1.59. The lowest BCUT2D eigenvalue weighted by Crippen LogP contribution is -2.26. The zero-order valence-electron chi connectivity index (χ0n) is 6.76. The van der Waals surface area contributed by atoms with Gasteiger partial charge in [-0.2, -0.15) is 0 Å². The molecule has 0 bridgehead atoms. The summed E-state index contributed by atoms with van der Waals surface area (Å²) in [6.07, 6.45) is 1.44. The third kappa shape index (κ3) is 2.03. The molecule has 11 heavy (non-hydrogen) atoms. The van der Waals surface area contributed by atoms with Crippen molar-refractivity contribution in [3.8, 4) is 0 Å². The molecule has 1 fully saturated rings. The third-order valence-electron chi connectivity index (χ3n) is 1.87. The zero-order chi connectivity index (χ0) is 8.27. The van der Waals surface area contributed by atoms with Crippen LogP contribution in [0.3, 0.4) is 0 Å². The minimum atomic E-state index is -0.676. The molecule has 0 aromatic heterocycles. The van der Waals surface area contributed by atoms with Crippen LogP contribution in [0.1, 0.15) is 13.3 Å². The van der Waals surface area contributed by atoms with Crippen LogP contribution in [0.25, 0.3) is 0 Å². The van der Waals surface area contributed by atoms with Crippen LogP contribution in [0, 0.1) is 0 Å². The molecule has 1 aliphatic rings. The second kappa shape index (κ2) is 3.51. The Morgan fingerprint density at radius 2 is 2.55 bits per heavy atom. The standard InChI is InChI=1S/C8H13FN2/c1-3-10-7(2)11-5-4-8(9)6-11/h3,8H,1,4-6H2,2H3/b10-7+/t8-/m1/s1. The summed E-state index contributed by atoms with van der Waals surface area (Å²) in [7, 11) is 0. The molecular formula is C8H13FN2. The van der Waals surface area contributed by atoms with Gasteiger partial charge in [0.2, 0.25) is 0 Å². The molecule has 0 aromatic rings. The normalized spacial score (nSPS) is 25.8. The van der Waals surface area contributed by atoms with Crippen LogP contribution in [0.5, 0.6) is 0 Å². The van der Waals surface area contributed by atoms with E-state index in [2.05, 4.69) is 11.6 Å². The van der Waals surface area contributed by atoms with E-state index in [1.165, 1.54) is 6.20 Å². The number of nitrogens with zero attached hydrogens (tertiary/aromatic N) is 2. The summed E-state index contributed by atoms with van der Waals surface area (Å²) in [6.45, 7) is 6.63. The van der Waals surface area contributed by atoms with Crippen molar-refractivity contribution in [2.24, 2.45) is 4.99 Å². The molecule has 0 aromatic carbocycles. The van der Waals surface area contributed by atoms with E-state index in [0.29, 0.717) is 13.0 Å². The molecule has 62 valence electrons. The smallest absolute Gasteiger partial charge is 0.119 e. The Kier molecular flexibility index (Phi) is 2.63. The molecule has 1 heterocycles. The van der Waals surface area contributed by atoms with E-state index in [1.807, 2.05) is 11.8 Å². The summed E-state index contributed by atoms with van der Waals surface area (Å²) < 4.78 is 12.7. The summed E-state index contributed by atoms with van der Waals surface area (Å²) in [5.74, 6) is 0.861. The highest BCUT2D eigenvalue weighted by Crippen LogP contribution is 2.12. The molecule has 0 radical (unpaired) electrons. The molecule has 3 heteroatoms. The molecule has 2 nitrogen and oxygen atoms in total. The Morgan fingerprint density at radius 1 is 1.82 bits per heavy atom. The van der Waals surface area contributed by atoms with Gasteiger partial charge in [0.05, 0.1) is 6.54 Å². The van der Waals surface area contributed by atoms with Gasteiger partial charge in [-0.1, -0.05) is 6.58 Å². The highest BCUT2D eigenvalue weighted by Gasteiger charge is 2.21. The van der Waals surface area contributed by atoms with Crippen molar-refractivity contribution in [2.75, 3.05) is 13.1 Å². The highest BCUT2D eigenvalue weighted by atomic mass is 19.1. The van der Waals surface area contributed by atoms with Crippen molar-refractivity contribution in [1.82, 2.24) is 4.90 Å². The topological polar surface area (TPSA) is 15.6 Å². The second-order valence-electron chi connectivity index (χ2n) is 2.69. The fraction of sp³-hybridized carbons (Fsp3) is 0.625. The van der Waals surface area contributed by atoms with Crippen LogP contribution < -0.4 is 0 Å². The SMILES string of the molecule is C=C/N=C(\C)N1CC[C@@H](F)C1. The number of hydrogen-bond acceptors (Lipinski definition) is 1. The molecule has 0 spiro atoms. The molecule has 1 atom stereocenters. The Bertz CT molecular complexity index is 177. The fourth-order valence-corrected chi connectivity index (χ4v) is 1.23. The minimum absolute atomic E-state index is 0.489. The Hall–Kier alpha value is -0.860. The van der Waals surface area contributed by atoms with Crippen LogP contribution in [0.4, 0.5) is 4.39 Å². The molecule has 1 aliphatic heterocycles. The molecular weight excluding hydrogens is 143 g/mol. The van der Waals surface area contributed by atoms with Gasteiger partial charge in [-0.05, 0) is 13.3 Å². The molecule has 0 aliphatic carbocycles. The van der Waals surface area contributed by atoms with Gasteiger partial charge in [-0.25, -0.2) is 9.38 Å². The Labute approximate surface area is 66.4 Å². The first-order valence-electron chi connectivity index (χ1n) is 3.78. The number of rotatable bonds is 1. The molecule has 1 saturated heterocycles. The average Bonchev–Trinajstić information content (AvgIpc) is 2.36. The maximum absolute atomic E-state index is 12.7. The van der Waals surface area contributed by atoms with Crippen LogP contribution in [0.15, 0.2) is 17.8 Å². The van der Waals surface area contributed by atoms with Crippen LogP contribution in [-0.4, -0.2) is 30.0 Å². The first-order valence-corrected chi connectivity index (χ1v) is 3.78. The zero-order valence-corrected chi connectivity index (χ0v) is 6.76. The largest absolute Gasteiger partial charge is 0.357 e. The van der Waals surface area contributed by atoms with Gasteiger partial charge in [0.25, 0.3) is 0 Å². The number of hydrogen-bond donors (Lipinski definition) is 0. The van der Waals surface area contributed by atoms with Crippen LogP contribution in [-0.2, 0) is 0 Å². The lowest BCUT2D eigenvalue weighted by Gasteiger charge is -2.15. The van der Waals surface area contributed by atoms with Crippen molar-refractivity contribution < 1.29 is 4.39 Å². The molecule has 1 rings (SSSR count). The molecule has 0 unspecified atom stereocenters. The van der Waals surface area contributed by atoms with Crippen molar-refractivity contribution in [3.05, 3.63) is 12.8 Å². The van der Waals surface area contributed by atoms with Crippen molar-refractivity contribution in [2.45, 2.75) is 19.5 Å². The summed E-state index contributed by atoms with van der Waals surface area (Å²) >= 11 is 0. The van der Waals surface area contributed by atoms with Crippen molar-refractivity contribution in [1.29, 1.82) is 0 Å². The van der Waals surface area contributed by atoms with Crippen molar-refractivity contribution in [3.63, 3.8) is 0 Å². The third-order valence-corrected chi connectivity index (χ3v) is 1.87. The first kappa shape index (κ1) is 8.24. The van der Waals surface area contributed by atoms with E-state index < -0.39 is 6.17 Å². The van der Waals surface area contributed by atoms with E-state index >= 15 is 0 Å². The average molecular weight is 156 g/mol. The monoisotopic (exact) mass is 156 g/mol. The van der Waals surface area contributed by atoms with E-state index in [9.17, 15) is 4.39 Å². The number of halogens is 1. The van der Waals surface area contributed by atoms with Gasteiger partial charge in [-0.3, -0.25) is 0 Å². The van der Waals surface area contributed by atoms with Gasteiger partial charge >= 0.3 is 0 Å². The molecule has 0 amide bonds. The lowest BCUT2D eigenvalue weighted by molar-refractivity contribution is 0.342. The number of amidine groups is 1. The maximum atomic E-state index is 12.7. The predicted molar refractivity (Wildman–Crippen MR) is 44.4 cm³/mol. The fourth-order valence-electron chi connectivity index (χ4n) is 1.23. The summed E-state index contributed by atoms with van der Waals surface area (Å²) in [6, 6.07) is 0. The van der Waals surface area contributed by atoms with E-state index in [4.69, 9.17) is 0 Å². The van der Waals surface area contributed by atoms with Crippen molar-refractivity contribution >= 4 is 5.84 Å². The van der Waals surface area contributed by atoms with Gasteiger partial charge in [0, 0.05) is 12.7 Å². The summed E-state index contributed by atoms with van der Waals surface area (Å²) in [4.78, 5) is 5.92. The first-order chi connectivity index (χ1) is 5.24. The Balaban J connectivity index is 2.49. The highest BCUT2D eigenvalue weighted by molar-refractivity contribution is 5.80. The Morgan fingerprint density at radius 3 is 3.00 bits per heavy atom. The van der Waals surface area contributed by atoms with Crippen LogP contribution >= 0.6 is 0 Å². The summed E-state index contributed by atoms with van der Waals surface area (Å²) in [5.41, 5.74) is 0. The van der Waals surface area contributed by atoms with E-state index in [-0.39, 0.29) is 0 Å². The van der Waals surface area contributed by atoms with Gasteiger partial charge in [0.15, 0.2) is 0 Å². The van der Waals surface area contributed by atoms with Crippen LogP contribution in [0.2, 0.25) is 0 Å². The number of aliphatic imine (C=N–C) groups is 1. The number of alkyl halides is 1.